The van der Waals surface area contributed by atoms with Crippen LogP contribution < -0.4 is 34.5 Å². The third-order valence-electron chi connectivity index (χ3n) is 2.67. The average molecular weight is 468 g/mol. The van der Waals surface area contributed by atoms with Crippen LogP contribution in [0.1, 0.15) is 6.42 Å². The van der Waals surface area contributed by atoms with Crippen LogP contribution in [0.25, 0.3) is 0 Å². The first-order valence-electron chi connectivity index (χ1n) is 5.60. The Morgan fingerprint density at radius 1 is 0.741 bits per heavy atom. The monoisotopic (exact) mass is 468 g/mol. The molecule has 0 radical (unpaired) electrons. The summed E-state index contributed by atoms with van der Waals surface area (Å²) in [6, 6.07) is 0. The normalized spacial score (nSPS) is 17.3. The van der Waals surface area contributed by atoms with E-state index in [1.54, 1.807) is 0 Å². The Morgan fingerprint density at radius 3 is 1.37 bits per heavy atom. The van der Waals surface area contributed by atoms with E-state index in [2.05, 4.69) is 4.52 Å². The van der Waals surface area contributed by atoms with E-state index in [1.165, 1.54) is 0 Å². The first-order chi connectivity index (χ1) is 11.0. The molecule has 0 bridgehead atoms. The molecule has 4 nitrogen and oxygen atoms in total. The van der Waals surface area contributed by atoms with E-state index in [0.717, 1.165) is 0 Å². The summed E-state index contributed by atoms with van der Waals surface area (Å²) in [5.74, 6) is -37.8. The number of phosphoric ester groups is 1. The van der Waals surface area contributed by atoms with Gasteiger partial charge < -0.3 is 14.3 Å². The smallest absolute Gasteiger partial charge is 0.756 e. The Bertz CT molecular complexity index is 557. The van der Waals surface area contributed by atoms with Gasteiger partial charge in [-0.15, -0.1) is 0 Å². The zero-order chi connectivity index (χ0) is 21.6. The molecule has 0 saturated carbocycles. The van der Waals surface area contributed by atoms with Gasteiger partial charge in [0.15, 0.2) is 0 Å². The van der Waals surface area contributed by atoms with Gasteiger partial charge in [0.1, 0.15) is 0 Å². The standard InChI is InChI=1S/C8H6F13O4P.Na/c9-3(10,1-2-25-26(22,23)24)4(11,12)5(13,14)6(15,16)7(17,18)8(19,20)21;/h1-2H2,(H2,22,23,24);/q;+1/p-1/i1+1,2+1;. The molecule has 1 N–H and O–H groups in total. The van der Waals surface area contributed by atoms with E-state index in [4.69, 9.17) is 4.89 Å². The van der Waals surface area contributed by atoms with Crippen LogP contribution in [0.4, 0.5) is 57.1 Å². The van der Waals surface area contributed by atoms with Crippen molar-refractivity contribution in [1.82, 2.24) is 0 Å². The van der Waals surface area contributed by atoms with Crippen LogP contribution >= 0.6 is 7.82 Å². The predicted octanol–water partition coefficient (Wildman–Crippen LogP) is 0.597. The molecule has 0 aliphatic rings. The van der Waals surface area contributed by atoms with Gasteiger partial charge in [0.2, 0.25) is 0 Å². The third-order valence-corrected chi connectivity index (χ3v) is 3.18. The van der Waals surface area contributed by atoms with Gasteiger partial charge in [0.25, 0.3) is 7.82 Å². The number of phosphoric acid groups is 1. The molecular weight excluding hydrogens is 463 g/mol. The molecule has 1 atom stereocenters. The van der Waals surface area contributed by atoms with E-state index in [-0.39, 0.29) is 29.6 Å². The van der Waals surface area contributed by atoms with E-state index in [9.17, 15) is 66.5 Å². The minimum atomic E-state index is -8.03. The van der Waals surface area contributed by atoms with Crippen molar-refractivity contribution >= 4 is 7.82 Å². The van der Waals surface area contributed by atoms with Crippen molar-refractivity contribution in [3.8, 4) is 0 Å². The number of alkyl halides is 13. The molecule has 0 fully saturated rings. The van der Waals surface area contributed by atoms with Gasteiger partial charge in [-0.2, -0.15) is 57.1 Å². The van der Waals surface area contributed by atoms with Gasteiger partial charge >= 0.3 is 65.3 Å². The maximum Gasteiger partial charge on any atom is 1.00 e. The molecule has 19 heteroatoms. The topological polar surface area (TPSA) is 69.6 Å². The molecule has 0 saturated heterocycles. The second-order valence-corrected chi connectivity index (χ2v) is 5.75. The minimum absolute atomic E-state index is 0. The first kappa shape index (κ1) is 29.4. The summed E-state index contributed by atoms with van der Waals surface area (Å²) < 4.78 is 177. The summed E-state index contributed by atoms with van der Waals surface area (Å²) in [7, 11) is -5.86. The van der Waals surface area contributed by atoms with E-state index < -0.39 is 56.6 Å². The van der Waals surface area contributed by atoms with Crippen molar-refractivity contribution in [1.29, 1.82) is 0 Å². The second-order valence-electron chi connectivity index (χ2n) is 4.55. The molecule has 0 aromatic carbocycles. The Balaban J connectivity index is 0. The minimum Gasteiger partial charge on any atom is -0.756 e. The molecule has 0 spiro atoms. The molecule has 0 aliphatic carbocycles. The van der Waals surface area contributed by atoms with E-state index >= 15 is 0 Å². The van der Waals surface area contributed by atoms with Crippen LogP contribution in [0.3, 0.4) is 0 Å². The first-order valence-corrected chi connectivity index (χ1v) is 7.09. The van der Waals surface area contributed by atoms with Crippen molar-refractivity contribution in [3.63, 3.8) is 0 Å². The number of rotatable bonds is 8. The molecule has 0 aromatic rings. The largest absolute Gasteiger partial charge is 1.00 e. The van der Waals surface area contributed by atoms with Crippen LogP contribution in [-0.4, -0.2) is 47.3 Å². The maximum atomic E-state index is 13.1. The quantitative estimate of drug-likeness (QED) is 0.245. The van der Waals surface area contributed by atoms with Gasteiger partial charge in [-0.25, -0.2) is 0 Å². The Morgan fingerprint density at radius 2 is 1.07 bits per heavy atom. The molecule has 0 amide bonds. The molecule has 0 aliphatic heterocycles. The van der Waals surface area contributed by atoms with Crippen LogP contribution in [0.5, 0.6) is 0 Å². The molecular formula is C8H5F13NaO4P. The Hall–Kier alpha value is 0.200. The average Bonchev–Trinajstić information content (AvgIpc) is 2.34. The van der Waals surface area contributed by atoms with E-state index in [1.807, 2.05) is 0 Å². The summed E-state index contributed by atoms with van der Waals surface area (Å²) in [4.78, 5) is 18.0. The number of hydrogen-bond donors (Lipinski definition) is 1. The van der Waals surface area contributed by atoms with E-state index in [0.29, 0.717) is 0 Å². The van der Waals surface area contributed by atoms with Gasteiger partial charge in [0, 0.05) is 6.42 Å². The fourth-order valence-electron chi connectivity index (χ4n) is 1.25. The van der Waals surface area contributed by atoms with Gasteiger partial charge in [0.05, 0.1) is 6.61 Å². The fraction of sp³-hybridized carbons (Fsp3) is 1.00. The van der Waals surface area contributed by atoms with Gasteiger partial charge in [-0.1, -0.05) is 0 Å². The van der Waals surface area contributed by atoms with Crippen LogP contribution in [0, 0.1) is 0 Å². The third kappa shape index (κ3) is 5.42. The summed E-state index contributed by atoms with van der Waals surface area (Å²) in [5.41, 5.74) is 0. The molecule has 158 valence electrons. The van der Waals surface area contributed by atoms with Crippen molar-refractivity contribution in [2.45, 2.75) is 42.2 Å². The van der Waals surface area contributed by atoms with Gasteiger partial charge in [-0.3, -0.25) is 4.57 Å². The SMILES string of the molecule is O=P([O-])(O)O[13CH2][13CH2]C(F)(F)C(F)(F)C(F)(F)C(F)(F)C(F)(F)C(F)(F)F.[Na+]. The van der Waals surface area contributed by atoms with Crippen LogP contribution in [0.15, 0.2) is 0 Å². The Labute approximate surface area is 162 Å². The summed E-state index contributed by atoms with van der Waals surface area (Å²) in [6.07, 6.45) is -10.4. The zero-order valence-corrected chi connectivity index (χ0v) is 15.3. The molecule has 0 aromatic heterocycles. The van der Waals surface area contributed by atoms with Crippen molar-refractivity contribution in [2.24, 2.45) is 0 Å². The maximum absolute atomic E-state index is 13.1. The summed E-state index contributed by atoms with van der Waals surface area (Å²) >= 11 is 0. The van der Waals surface area contributed by atoms with Crippen molar-refractivity contribution in [2.75, 3.05) is 6.61 Å². The summed E-state index contributed by atoms with van der Waals surface area (Å²) in [5, 5.41) is 0. The predicted molar refractivity (Wildman–Crippen MR) is 51.2 cm³/mol. The zero-order valence-electron chi connectivity index (χ0n) is 12.4. The Kier molecular flexibility index (Phi) is 8.87. The van der Waals surface area contributed by atoms with Crippen molar-refractivity contribution in [3.05, 3.63) is 0 Å². The number of hydrogen-bond acceptors (Lipinski definition) is 3. The van der Waals surface area contributed by atoms with Gasteiger partial charge in [-0.05, 0) is 0 Å². The van der Waals surface area contributed by atoms with Crippen molar-refractivity contribution < 1.29 is 106 Å². The van der Waals surface area contributed by atoms with Crippen LogP contribution in [-0.2, 0) is 9.09 Å². The molecule has 0 heterocycles. The molecule has 1 unspecified atom stereocenters. The van der Waals surface area contributed by atoms with Crippen LogP contribution in [0.2, 0.25) is 0 Å². The molecule has 27 heavy (non-hydrogen) atoms. The fourth-order valence-corrected chi connectivity index (χ4v) is 1.57. The molecule has 0 rings (SSSR count). The summed E-state index contributed by atoms with van der Waals surface area (Å²) in [6.45, 7) is -2.23. The number of halogens is 13. The second kappa shape index (κ2) is 8.14.